The summed E-state index contributed by atoms with van der Waals surface area (Å²) in [7, 11) is 0. The van der Waals surface area contributed by atoms with Gasteiger partial charge in [0.25, 0.3) is 0 Å². The van der Waals surface area contributed by atoms with Gasteiger partial charge in [0.15, 0.2) is 0 Å². The maximum Gasteiger partial charge on any atom is 0.233 e. The SMILES string of the molecule is NC(=O)C1(C(N)=O)CCNCC1. The maximum absolute atomic E-state index is 11.0. The van der Waals surface area contributed by atoms with Gasteiger partial charge in [-0.05, 0) is 25.9 Å². The van der Waals surface area contributed by atoms with E-state index in [4.69, 9.17) is 11.5 Å². The summed E-state index contributed by atoms with van der Waals surface area (Å²) < 4.78 is 0. The van der Waals surface area contributed by atoms with E-state index in [-0.39, 0.29) is 0 Å². The van der Waals surface area contributed by atoms with Crippen molar-refractivity contribution in [3.63, 3.8) is 0 Å². The lowest BCUT2D eigenvalue weighted by atomic mass is 9.77. The minimum absolute atomic E-state index is 0.414. The summed E-state index contributed by atoms with van der Waals surface area (Å²) >= 11 is 0. The van der Waals surface area contributed by atoms with Gasteiger partial charge in [0.2, 0.25) is 11.8 Å². The number of nitrogens with two attached hydrogens (primary N) is 2. The molecule has 0 saturated carbocycles. The molecule has 1 aliphatic heterocycles. The Bertz CT molecular complexity index is 193. The Morgan fingerprint density at radius 2 is 1.50 bits per heavy atom. The molecule has 1 fully saturated rings. The highest BCUT2D eigenvalue weighted by Crippen LogP contribution is 2.27. The van der Waals surface area contributed by atoms with E-state index < -0.39 is 17.2 Å². The predicted molar refractivity (Wildman–Crippen MR) is 42.9 cm³/mol. The van der Waals surface area contributed by atoms with Gasteiger partial charge in [-0.1, -0.05) is 0 Å². The van der Waals surface area contributed by atoms with Crippen molar-refractivity contribution < 1.29 is 9.59 Å². The van der Waals surface area contributed by atoms with Crippen LogP contribution >= 0.6 is 0 Å². The quantitative estimate of drug-likeness (QED) is 0.433. The Kier molecular flexibility index (Phi) is 2.32. The number of piperidine rings is 1. The van der Waals surface area contributed by atoms with E-state index >= 15 is 0 Å². The highest BCUT2D eigenvalue weighted by Gasteiger charge is 2.43. The fourth-order valence-electron chi connectivity index (χ4n) is 1.47. The monoisotopic (exact) mass is 171 g/mol. The number of carbonyl (C=O) groups is 2. The van der Waals surface area contributed by atoms with E-state index in [0.29, 0.717) is 25.9 Å². The molecule has 68 valence electrons. The zero-order valence-electron chi connectivity index (χ0n) is 6.80. The zero-order chi connectivity index (χ0) is 9.19. The molecule has 0 aliphatic carbocycles. The van der Waals surface area contributed by atoms with Crippen LogP contribution in [0.2, 0.25) is 0 Å². The van der Waals surface area contributed by atoms with E-state index in [9.17, 15) is 9.59 Å². The molecule has 1 heterocycles. The lowest BCUT2D eigenvalue weighted by molar-refractivity contribution is -0.141. The van der Waals surface area contributed by atoms with E-state index in [1.807, 2.05) is 0 Å². The van der Waals surface area contributed by atoms with Gasteiger partial charge in [-0.2, -0.15) is 0 Å². The number of hydrogen-bond acceptors (Lipinski definition) is 3. The maximum atomic E-state index is 11.0. The van der Waals surface area contributed by atoms with Crippen LogP contribution in [0, 0.1) is 5.41 Å². The van der Waals surface area contributed by atoms with Crippen molar-refractivity contribution in [2.45, 2.75) is 12.8 Å². The van der Waals surface area contributed by atoms with Gasteiger partial charge in [-0.3, -0.25) is 9.59 Å². The molecule has 2 amide bonds. The molecule has 1 aliphatic rings. The van der Waals surface area contributed by atoms with Gasteiger partial charge in [-0.25, -0.2) is 0 Å². The summed E-state index contributed by atoms with van der Waals surface area (Å²) in [5.74, 6) is -1.20. The van der Waals surface area contributed by atoms with Gasteiger partial charge in [0.05, 0.1) is 0 Å². The molecule has 5 nitrogen and oxygen atoms in total. The van der Waals surface area contributed by atoms with Crippen molar-refractivity contribution >= 4 is 11.8 Å². The minimum atomic E-state index is -1.11. The van der Waals surface area contributed by atoms with Gasteiger partial charge in [0.1, 0.15) is 5.41 Å². The summed E-state index contributed by atoms with van der Waals surface area (Å²) in [4.78, 5) is 22.0. The molecule has 0 spiro atoms. The van der Waals surface area contributed by atoms with Crippen molar-refractivity contribution in [2.75, 3.05) is 13.1 Å². The first kappa shape index (κ1) is 8.99. The highest BCUT2D eigenvalue weighted by atomic mass is 16.2. The zero-order valence-corrected chi connectivity index (χ0v) is 6.80. The largest absolute Gasteiger partial charge is 0.369 e. The molecule has 0 bridgehead atoms. The molecule has 0 aromatic heterocycles. The molecule has 1 saturated heterocycles. The fourth-order valence-corrected chi connectivity index (χ4v) is 1.47. The minimum Gasteiger partial charge on any atom is -0.369 e. The molecule has 5 N–H and O–H groups in total. The Hall–Kier alpha value is -1.10. The number of nitrogens with one attached hydrogen (secondary N) is 1. The van der Waals surface area contributed by atoms with Crippen molar-refractivity contribution in [2.24, 2.45) is 16.9 Å². The third-order valence-electron chi connectivity index (χ3n) is 2.40. The Balaban J connectivity index is 2.84. The number of primary amides is 2. The van der Waals surface area contributed by atoms with Crippen LogP contribution < -0.4 is 16.8 Å². The molecule has 0 radical (unpaired) electrons. The highest BCUT2D eigenvalue weighted by molar-refractivity contribution is 6.03. The number of hydrogen-bond donors (Lipinski definition) is 3. The topological polar surface area (TPSA) is 98.2 Å². The predicted octanol–water partition coefficient (Wildman–Crippen LogP) is -1.67. The second kappa shape index (κ2) is 3.10. The van der Waals surface area contributed by atoms with Crippen molar-refractivity contribution in [1.82, 2.24) is 5.32 Å². The van der Waals surface area contributed by atoms with Crippen LogP contribution in [0.3, 0.4) is 0 Å². The summed E-state index contributed by atoms with van der Waals surface area (Å²) in [6, 6.07) is 0. The number of carbonyl (C=O) groups excluding carboxylic acids is 2. The van der Waals surface area contributed by atoms with Crippen molar-refractivity contribution in [3.05, 3.63) is 0 Å². The van der Waals surface area contributed by atoms with Gasteiger partial charge in [0, 0.05) is 0 Å². The summed E-state index contributed by atoms with van der Waals surface area (Å²) in [6.07, 6.45) is 0.829. The molecule has 0 atom stereocenters. The second-order valence-electron chi connectivity index (χ2n) is 3.06. The number of rotatable bonds is 2. The van der Waals surface area contributed by atoms with Crippen molar-refractivity contribution in [1.29, 1.82) is 0 Å². The van der Waals surface area contributed by atoms with Gasteiger partial charge < -0.3 is 16.8 Å². The summed E-state index contributed by atoms with van der Waals surface area (Å²) in [6.45, 7) is 1.23. The first-order valence-electron chi connectivity index (χ1n) is 3.90. The fraction of sp³-hybridized carbons (Fsp3) is 0.714. The van der Waals surface area contributed by atoms with Gasteiger partial charge >= 0.3 is 0 Å². The van der Waals surface area contributed by atoms with Crippen LogP contribution in [0.15, 0.2) is 0 Å². The van der Waals surface area contributed by atoms with Crippen LogP contribution in [0.4, 0.5) is 0 Å². The van der Waals surface area contributed by atoms with Crippen LogP contribution in [-0.2, 0) is 9.59 Å². The molecule has 0 aromatic carbocycles. The van der Waals surface area contributed by atoms with E-state index in [1.165, 1.54) is 0 Å². The van der Waals surface area contributed by atoms with Crippen LogP contribution in [0.25, 0.3) is 0 Å². The molecular weight excluding hydrogens is 158 g/mol. The van der Waals surface area contributed by atoms with Crippen LogP contribution in [-0.4, -0.2) is 24.9 Å². The molecule has 1 rings (SSSR count). The van der Waals surface area contributed by atoms with Gasteiger partial charge in [-0.15, -0.1) is 0 Å². The average molecular weight is 171 g/mol. The molecule has 0 unspecified atom stereocenters. The van der Waals surface area contributed by atoms with E-state index in [2.05, 4.69) is 5.32 Å². The van der Waals surface area contributed by atoms with E-state index in [0.717, 1.165) is 0 Å². The summed E-state index contributed by atoms with van der Waals surface area (Å²) in [5.41, 5.74) is 9.17. The Morgan fingerprint density at radius 1 is 1.08 bits per heavy atom. The lowest BCUT2D eigenvalue weighted by Gasteiger charge is -2.31. The standard InChI is InChI=1S/C7H13N3O2/c8-5(11)7(6(9)12)1-3-10-4-2-7/h10H,1-4H2,(H2,8,11)(H2,9,12). The lowest BCUT2D eigenvalue weighted by Crippen LogP contribution is -2.53. The Labute approximate surface area is 70.5 Å². The first-order valence-corrected chi connectivity index (χ1v) is 3.90. The smallest absolute Gasteiger partial charge is 0.233 e. The summed E-state index contributed by atoms with van der Waals surface area (Å²) in [5, 5.41) is 3.03. The van der Waals surface area contributed by atoms with Crippen LogP contribution in [0.5, 0.6) is 0 Å². The van der Waals surface area contributed by atoms with E-state index in [1.54, 1.807) is 0 Å². The first-order chi connectivity index (χ1) is 5.59. The molecule has 5 heteroatoms. The average Bonchev–Trinajstić information content (AvgIpc) is 2.05. The number of amides is 2. The third kappa shape index (κ3) is 1.27. The normalized spacial score (nSPS) is 21.7. The molecule has 0 aromatic rings. The Morgan fingerprint density at radius 3 is 1.75 bits per heavy atom. The van der Waals surface area contributed by atoms with Crippen LogP contribution in [0.1, 0.15) is 12.8 Å². The third-order valence-corrected chi connectivity index (χ3v) is 2.40. The van der Waals surface area contributed by atoms with Crippen molar-refractivity contribution in [3.8, 4) is 0 Å². The second-order valence-corrected chi connectivity index (χ2v) is 3.06. The molecular formula is C7H13N3O2. The molecule has 12 heavy (non-hydrogen) atoms.